The molecule has 0 aromatic heterocycles. The van der Waals surface area contributed by atoms with E-state index in [4.69, 9.17) is 9.47 Å². The molecule has 0 aliphatic rings. The third kappa shape index (κ3) is 7.48. The summed E-state index contributed by atoms with van der Waals surface area (Å²) in [4.78, 5) is 2.11. The first-order valence-corrected chi connectivity index (χ1v) is 7.27. The van der Waals surface area contributed by atoms with Gasteiger partial charge in [0.25, 0.3) is 0 Å². The molecule has 4 heteroatoms. The van der Waals surface area contributed by atoms with E-state index in [0.717, 1.165) is 32.5 Å². The van der Waals surface area contributed by atoms with E-state index < -0.39 is 0 Å². The lowest BCUT2D eigenvalue weighted by Gasteiger charge is -2.13. The van der Waals surface area contributed by atoms with Crippen LogP contribution >= 0.6 is 0 Å². The number of methoxy groups -OCH3 is 1. The Morgan fingerprint density at radius 1 is 1.00 bits per heavy atom. The first-order valence-electron chi connectivity index (χ1n) is 7.27. The SMILES string of the molecule is COCCOCCCCNCc1ccc(N(C)C)cc1. The number of nitrogens with one attached hydrogen (secondary N) is 1. The highest BCUT2D eigenvalue weighted by molar-refractivity contribution is 5.45. The molecule has 0 atom stereocenters. The normalized spacial score (nSPS) is 10.8. The molecule has 0 spiro atoms. The maximum atomic E-state index is 5.42. The second kappa shape index (κ2) is 10.7. The van der Waals surface area contributed by atoms with E-state index in [-0.39, 0.29) is 0 Å². The van der Waals surface area contributed by atoms with E-state index in [1.54, 1.807) is 7.11 Å². The molecule has 0 saturated carbocycles. The molecule has 0 saturated heterocycles. The standard InChI is InChI=1S/C16H28N2O2/c1-18(2)16-8-6-15(7-9-16)14-17-10-4-5-11-20-13-12-19-3/h6-9,17H,4-5,10-14H2,1-3H3. The molecule has 0 amide bonds. The van der Waals surface area contributed by atoms with Crippen LogP contribution in [0.15, 0.2) is 24.3 Å². The van der Waals surface area contributed by atoms with E-state index >= 15 is 0 Å². The van der Waals surface area contributed by atoms with Gasteiger partial charge in [0.2, 0.25) is 0 Å². The van der Waals surface area contributed by atoms with E-state index in [1.807, 2.05) is 0 Å². The van der Waals surface area contributed by atoms with Gasteiger partial charge in [0.05, 0.1) is 13.2 Å². The minimum Gasteiger partial charge on any atom is -0.382 e. The summed E-state index contributed by atoms with van der Waals surface area (Å²) in [6.45, 7) is 4.16. The summed E-state index contributed by atoms with van der Waals surface area (Å²) in [5, 5.41) is 3.46. The van der Waals surface area contributed by atoms with E-state index in [1.165, 1.54) is 11.3 Å². The summed E-state index contributed by atoms with van der Waals surface area (Å²) in [6.07, 6.45) is 2.24. The van der Waals surface area contributed by atoms with Gasteiger partial charge in [0, 0.05) is 40.0 Å². The number of benzene rings is 1. The Morgan fingerprint density at radius 3 is 2.40 bits per heavy atom. The van der Waals surface area contributed by atoms with E-state index in [9.17, 15) is 0 Å². The van der Waals surface area contributed by atoms with Gasteiger partial charge in [0.1, 0.15) is 0 Å². The largest absolute Gasteiger partial charge is 0.382 e. The van der Waals surface area contributed by atoms with Crippen molar-refractivity contribution in [2.45, 2.75) is 19.4 Å². The predicted octanol–water partition coefficient (Wildman–Crippen LogP) is 2.29. The highest BCUT2D eigenvalue weighted by Crippen LogP contribution is 2.11. The second-order valence-electron chi connectivity index (χ2n) is 5.05. The van der Waals surface area contributed by atoms with Gasteiger partial charge in [-0.3, -0.25) is 0 Å². The second-order valence-corrected chi connectivity index (χ2v) is 5.05. The van der Waals surface area contributed by atoms with Crippen LogP contribution in [0, 0.1) is 0 Å². The molecule has 0 fully saturated rings. The lowest BCUT2D eigenvalue weighted by molar-refractivity contribution is 0.0688. The maximum Gasteiger partial charge on any atom is 0.0700 e. The summed E-state index contributed by atoms with van der Waals surface area (Å²) < 4.78 is 10.3. The van der Waals surface area contributed by atoms with Gasteiger partial charge in [-0.1, -0.05) is 12.1 Å². The van der Waals surface area contributed by atoms with Gasteiger partial charge in [0.15, 0.2) is 0 Å². The Bertz CT molecular complexity index is 339. The van der Waals surface area contributed by atoms with Gasteiger partial charge in [-0.05, 0) is 37.1 Å². The Morgan fingerprint density at radius 2 is 1.75 bits per heavy atom. The highest BCUT2D eigenvalue weighted by atomic mass is 16.5. The van der Waals surface area contributed by atoms with Gasteiger partial charge in [-0.15, -0.1) is 0 Å². The lowest BCUT2D eigenvalue weighted by Crippen LogP contribution is -2.15. The summed E-state index contributed by atoms with van der Waals surface area (Å²) in [5.74, 6) is 0. The average molecular weight is 280 g/mol. The fourth-order valence-corrected chi connectivity index (χ4v) is 1.84. The molecule has 4 nitrogen and oxygen atoms in total. The zero-order valence-electron chi connectivity index (χ0n) is 13.0. The van der Waals surface area contributed by atoms with Crippen LogP contribution in [-0.4, -0.2) is 47.6 Å². The number of hydrogen-bond acceptors (Lipinski definition) is 4. The molecule has 0 heterocycles. The van der Waals surface area contributed by atoms with Crippen molar-refractivity contribution in [3.63, 3.8) is 0 Å². The summed E-state index contributed by atoms with van der Waals surface area (Å²) in [7, 11) is 5.81. The third-order valence-electron chi connectivity index (χ3n) is 3.11. The van der Waals surface area contributed by atoms with Crippen LogP contribution in [0.3, 0.4) is 0 Å². The monoisotopic (exact) mass is 280 g/mol. The third-order valence-corrected chi connectivity index (χ3v) is 3.11. The highest BCUT2D eigenvalue weighted by Gasteiger charge is 1.96. The Kier molecular flexibility index (Phi) is 9.04. The molecule has 20 heavy (non-hydrogen) atoms. The smallest absolute Gasteiger partial charge is 0.0700 e. The van der Waals surface area contributed by atoms with Crippen molar-refractivity contribution in [3.05, 3.63) is 29.8 Å². The Hall–Kier alpha value is -1.10. The molecule has 1 aromatic rings. The maximum absolute atomic E-state index is 5.42. The van der Waals surface area contributed by atoms with Crippen LogP contribution in [0.25, 0.3) is 0 Å². The van der Waals surface area contributed by atoms with Crippen LogP contribution in [0.4, 0.5) is 5.69 Å². The van der Waals surface area contributed by atoms with Crippen LogP contribution in [0.1, 0.15) is 18.4 Å². The molecule has 0 unspecified atom stereocenters. The number of rotatable bonds is 11. The first kappa shape index (κ1) is 17.0. The fourth-order valence-electron chi connectivity index (χ4n) is 1.84. The zero-order valence-corrected chi connectivity index (χ0v) is 13.0. The van der Waals surface area contributed by atoms with Crippen molar-refractivity contribution in [2.24, 2.45) is 0 Å². The van der Waals surface area contributed by atoms with Crippen LogP contribution < -0.4 is 10.2 Å². The number of nitrogens with zero attached hydrogens (tertiary/aromatic N) is 1. The molecule has 0 aliphatic carbocycles. The van der Waals surface area contributed by atoms with Crippen molar-refractivity contribution in [1.82, 2.24) is 5.32 Å². The molecular weight excluding hydrogens is 252 g/mol. The Labute approximate surface area is 123 Å². The van der Waals surface area contributed by atoms with Gasteiger partial charge < -0.3 is 19.7 Å². The molecule has 1 rings (SSSR count). The average Bonchev–Trinajstić information content (AvgIpc) is 2.46. The molecule has 0 aliphatic heterocycles. The molecule has 114 valence electrons. The van der Waals surface area contributed by atoms with E-state index in [2.05, 4.69) is 48.6 Å². The van der Waals surface area contributed by atoms with Crippen LogP contribution in [-0.2, 0) is 16.0 Å². The first-order chi connectivity index (χ1) is 9.74. The van der Waals surface area contributed by atoms with Crippen molar-refractivity contribution in [2.75, 3.05) is 52.5 Å². The van der Waals surface area contributed by atoms with Crippen LogP contribution in [0.5, 0.6) is 0 Å². The minimum absolute atomic E-state index is 0.682. The van der Waals surface area contributed by atoms with Crippen molar-refractivity contribution >= 4 is 5.69 Å². The minimum atomic E-state index is 0.682. The Balaban J connectivity index is 2.01. The van der Waals surface area contributed by atoms with Crippen molar-refractivity contribution < 1.29 is 9.47 Å². The molecule has 1 N–H and O–H groups in total. The number of hydrogen-bond donors (Lipinski definition) is 1. The zero-order chi connectivity index (χ0) is 14.6. The fraction of sp³-hybridized carbons (Fsp3) is 0.625. The van der Waals surface area contributed by atoms with E-state index in [0.29, 0.717) is 13.2 Å². The number of unbranched alkanes of at least 4 members (excludes halogenated alkanes) is 1. The van der Waals surface area contributed by atoms with Gasteiger partial charge in [-0.25, -0.2) is 0 Å². The lowest BCUT2D eigenvalue weighted by atomic mass is 10.2. The topological polar surface area (TPSA) is 33.7 Å². The molecule has 0 radical (unpaired) electrons. The van der Waals surface area contributed by atoms with Gasteiger partial charge in [-0.2, -0.15) is 0 Å². The predicted molar refractivity (Wildman–Crippen MR) is 84.4 cm³/mol. The number of anilines is 1. The molecule has 0 bridgehead atoms. The summed E-state index contributed by atoms with van der Waals surface area (Å²) >= 11 is 0. The van der Waals surface area contributed by atoms with Crippen molar-refractivity contribution in [1.29, 1.82) is 0 Å². The summed E-state index contributed by atoms with van der Waals surface area (Å²) in [5.41, 5.74) is 2.56. The van der Waals surface area contributed by atoms with Gasteiger partial charge >= 0.3 is 0 Å². The quantitative estimate of drug-likeness (QED) is 0.631. The summed E-state index contributed by atoms with van der Waals surface area (Å²) in [6, 6.07) is 8.66. The molecule has 1 aromatic carbocycles. The van der Waals surface area contributed by atoms with Crippen LogP contribution in [0.2, 0.25) is 0 Å². The molecular formula is C16H28N2O2. The number of ether oxygens (including phenoxy) is 2. The van der Waals surface area contributed by atoms with Crippen molar-refractivity contribution in [3.8, 4) is 0 Å².